The van der Waals surface area contributed by atoms with Gasteiger partial charge in [-0.25, -0.2) is 0 Å². The highest BCUT2D eigenvalue weighted by Gasteiger charge is 2.16. The third-order valence-electron chi connectivity index (χ3n) is 2.93. The first-order valence-electron chi connectivity index (χ1n) is 6.21. The molecule has 1 unspecified atom stereocenters. The Bertz CT molecular complexity index is 438. The first-order valence-corrected chi connectivity index (χ1v) is 6.59. The average molecular weight is 286 g/mol. The van der Waals surface area contributed by atoms with Gasteiger partial charge in [0.15, 0.2) is 0 Å². The fourth-order valence-corrected chi connectivity index (χ4v) is 1.96. The van der Waals surface area contributed by atoms with E-state index in [4.69, 9.17) is 11.6 Å². The fourth-order valence-electron chi connectivity index (χ4n) is 1.72. The molecule has 0 fully saturated rings. The van der Waals surface area contributed by atoms with Crippen LogP contribution in [0.3, 0.4) is 0 Å². The van der Waals surface area contributed by atoms with E-state index in [2.05, 4.69) is 17.1 Å². The number of nitrogens with zero attached hydrogens (tertiary/aromatic N) is 2. The molecule has 0 aromatic heterocycles. The van der Waals surface area contributed by atoms with E-state index in [1.54, 1.807) is 12.1 Å². The number of nitro benzene ring substituents is 1. The van der Waals surface area contributed by atoms with Crippen LogP contribution in [0.1, 0.15) is 18.9 Å². The van der Waals surface area contributed by atoms with Crippen LogP contribution in [0.2, 0.25) is 5.02 Å². The van der Waals surface area contributed by atoms with E-state index >= 15 is 0 Å². The van der Waals surface area contributed by atoms with Gasteiger partial charge in [0.1, 0.15) is 0 Å². The molecule has 0 aliphatic carbocycles. The number of nitro groups is 1. The highest BCUT2D eigenvalue weighted by molar-refractivity contribution is 6.31. The van der Waals surface area contributed by atoms with Gasteiger partial charge in [-0.2, -0.15) is 0 Å². The summed E-state index contributed by atoms with van der Waals surface area (Å²) in [7, 11) is 4.04. The third-order valence-corrected chi connectivity index (χ3v) is 3.28. The van der Waals surface area contributed by atoms with Crippen LogP contribution in [0.25, 0.3) is 0 Å². The molecule has 0 spiro atoms. The lowest BCUT2D eigenvalue weighted by Crippen LogP contribution is -2.29. The van der Waals surface area contributed by atoms with E-state index in [9.17, 15) is 10.1 Å². The maximum atomic E-state index is 10.9. The number of benzene rings is 1. The zero-order valence-electron chi connectivity index (χ0n) is 11.5. The quantitative estimate of drug-likeness (QED) is 0.618. The van der Waals surface area contributed by atoms with Crippen molar-refractivity contribution >= 4 is 17.3 Å². The molecule has 0 aliphatic rings. The third kappa shape index (κ3) is 5.14. The van der Waals surface area contributed by atoms with Gasteiger partial charge in [-0.3, -0.25) is 10.1 Å². The van der Waals surface area contributed by atoms with Gasteiger partial charge in [0.05, 0.1) is 15.5 Å². The summed E-state index contributed by atoms with van der Waals surface area (Å²) >= 11 is 6.03. The van der Waals surface area contributed by atoms with Crippen LogP contribution >= 0.6 is 11.6 Å². The molecule has 0 saturated carbocycles. The molecule has 0 radical (unpaired) electrons. The first-order chi connectivity index (χ1) is 8.91. The number of nitrogens with one attached hydrogen (secondary N) is 1. The molecule has 5 nitrogen and oxygen atoms in total. The molecule has 0 amide bonds. The summed E-state index contributed by atoms with van der Waals surface area (Å²) in [5.41, 5.74) is 0.616. The monoisotopic (exact) mass is 285 g/mol. The molecule has 0 aliphatic heterocycles. The predicted molar refractivity (Wildman–Crippen MR) is 77.6 cm³/mol. The maximum Gasteiger partial charge on any atom is 0.275 e. The minimum absolute atomic E-state index is 0.0693. The lowest BCUT2D eigenvalue weighted by Gasteiger charge is -2.17. The minimum atomic E-state index is -0.395. The number of hydrogen-bond donors (Lipinski definition) is 1. The highest BCUT2D eigenvalue weighted by Crippen LogP contribution is 2.26. The molecule has 1 rings (SSSR count). The van der Waals surface area contributed by atoms with Gasteiger partial charge in [-0.05, 0) is 40.1 Å². The predicted octanol–water partition coefficient (Wildman–Crippen LogP) is 2.68. The fraction of sp³-hybridized carbons (Fsp3) is 0.538. The van der Waals surface area contributed by atoms with Gasteiger partial charge in [0, 0.05) is 18.7 Å². The Labute approximate surface area is 118 Å². The van der Waals surface area contributed by atoms with Gasteiger partial charge in [-0.15, -0.1) is 0 Å². The average Bonchev–Trinajstić information content (AvgIpc) is 2.34. The standard InChI is InChI=1S/C13H20ClN3O2/c1-10(7-8-16(2)3)15-9-11-12(14)5-4-6-13(11)17(18)19/h4-6,10,15H,7-9H2,1-3H3. The van der Waals surface area contributed by atoms with Crippen LogP contribution in [0.5, 0.6) is 0 Å². The molecular weight excluding hydrogens is 266 g/mol. The SMILES string of the molecule is CC(CCN(C)C)NCc1c(Cl)cccc1[N+](=O)[O-]. The van der Waals surface area contributed by atoms with Crippen molar-refractivity contribution in [1.82, 2.24) is 10.2 Å². The summed E-state index contributed by atoms with van der Waals surface area (Å²) in [6.07, 6.45) is 0.977. The second-order valence-corrected chi connectivity index (χ2v) is 5.28. The Kier molecular flexibility index (Phi) is 6.21. The van der Waals surface area contributed by atoms with E-state index in [1.807, 2.05) is 14.1 Å². The van der Waals surface area contributed by atoms with Crippen molar-refractivity contribution in [3.05, 3.63) is 38.9 Å². The summed E-state index contributed by atoms with van der Waals surface area (Å²) in [5, 5.41) is 14.7. The van der Waals surface area contributed by atoms with Crippen LogP contribution in [0.15, 0.2) is 18.2 Å². The Hall–Kier alpha value is -1.17. The summed E-state index contributed by atoms with van der Waals surface area (Å²) < 4.78 is 0. The lowest BCUT2D eigenvalue weighted by atomic mass is 10.1. The van der Waals surface area contributed by atoms with Crippen LogP contribution in [-0.2, 0) is 6.54 Å². The Balaban J connectivity index is 2.64. The Morgan fingerprint density at radius 3 is 2.74 bits per heavy atom. The summed E-state index contributed by atoms with van der Waals surface area (Å²) in [5.74, 6) is 0. The molecule has 0 saturated heterocycles. The van der Waals surface area contributed by atoms with Crippen molar-refractivity contribution in [3.63, 3.8) is 0 Å². The Morgan fingerprint density at radius 2 is 2.16 bits per heavy atom. The maximum absolute atomic E-state index is 10.9. The zero-order valence-corrected chi connectivity index (χ0v) is 12.3. The largest absolute Gasteiger partial charge is 0.310 e. The second-order valence-electron chi connectivity index (χ2n) is 4.87. The van der Waals surface area contributed by atoms with Gasteiger partial charge < -0.3 is 10.2 Å². The zero-order chi connectivity index (χ0) is 14.4. The number of hydrogen-bond acceptors (Lipinski definition) is 4. The van der Waals surface area contributed by atoms with Gasteiger partial charge in [0.25, 0.3) is 5.69 Å². The van der Waals surface area contributed by atoms with Gasteiger partial charge in [-0.1, -0.05) is 17.7 Å². The molecular formula is C13H20ClN3O2. The summed E-state index contributed by atoms with van der Waals surface area (Å²) in [6.45, 7) is 3.44. The molecule has 1 atom stereocenters. The molecule has 106 valence electrons. The summed E-state index contributed by atoms with van der Waals surface area (Å²) in [4.78, 5) is 12.7. The lowest BCUT2D eigenvalue weighted by molar-refractivity contribution is -0.385. The van der Waals surface area contributed by atoms with E-state index in [1.165, 1.54) is 6.07 Å². The van der Waals surface area contributed by atoms with Crippen LogP contribution in [-0.4, -0.2) is 36.5 Å². The normalized spacial score (nSPS) is 12.7. The molecule has 1 aromatic carbocycles. The van der Waals surface area contributed by atoms with Crippen LogP contribution < -0.4 is 5.32 Å². The minimum Gasteiger partial charge on any atom is -0.310 e. The van der Waals surface area contributed by atoms with E-state index in [0.717, 1.165) is 13.0 Å². The van der Waals surface area contributed by atoms with Crippen molar-refractivity contribution in [1.29, 1.82) is 0 Å². The smallest absolute Gasteiger partial charge is 0.275 e. The van der Waals surface area contributed by atoms with Gasteiger partial charge >= 0.3 is 0 Å². The Morgan fingerprint density at radius 1 is 1.47 bits per heavy atom. The van der Waals surface area contributed by atoms with Crippen molar-refractivity contribution in [2.45, 2.75) is 25.9 Å². The van der Waals surface area contributed by atoms with E-state index < -0.39 is 4.92 Å². The molecule has 6 heteroatoms. The van der Waals surface area contributed by atoms with E-state index in [0.29, 0.717) is 17.1 Å². The highest BCUT2D eigenvalue weighted by atomic mass is 35.5. The topological polar surface area (TPSA) is 58.4 Å². The molecule has 0 heterocycles. The van der Waals surface area contributed by atoms with Crippen molar-refractivity contribution in [2.75, 3.05) is 20.6 Å². The van der Waals surface area contributed by atoms with Crippen LogP contribution in [0, 0.1) is 10.1 Å². The molecule has 19 heavy (non-hydrogen) atoms. The number of halogens is 1. The van der Waals surface area contributed by atoms with Crippen molar-refractivity contribution in [3.8, 4) is 0 Å². The van der Waals surface area contributed by atoms with Crippen molar-refractivity contribution in [2.24, 2.45) is 0 Å². The first kappa shape index (κ1) is 15.9. The molecule has 0 bridgehead atoms. The molecule has 1 N–H and O–H groups in total. The summed E-state index contributed by atoms with van der Waals surface area (Å²) in [6, 6.07) is 5.03. The molecule has 1 aromatic rings. The number of rotatable bonds is 7. The van der Waals surface area contributed by atoms with Crippen molar-refractivity contribution < 1.29 is 4.92 Å². The van der Waals surface area contributed by atoms with E-state index in [-0.39, 0.29) is 11.7 Å². The van der Waals surface area contributed by atoms with Crippen LogP contribution in [0.4, 0.5) is 5.69 Å². The second kappa shape index (κ2) is 7.43. The van der Waals surface area contributed by atoms with Gasteiger partial charge in [0.2, 0.25) is 0 Å².